The summed E-state index contributed by atoms with van der Waals surface area (Å²) in [6.45, 7) is 2.72. The van der Waals surface area contributed by atoms with E-state index in [-0.39, 0.29) is 30.9 Å². The van der Waals surface area contributed by atoms with Gasteiger partial charge in [-0.25, -0.2) is 0 Å². The Bertz CT molecular complexity index is 458. The maximum Gasteiger partial charge on any atom is 0.234 e. The smallest absolute Gasteiger partial charge is 0.234 e. The fourth-order valence-corrected chi connectivity index (χ4v) is 3.17. The van der Waals surface area contributed by atoms with Gasteiger partial charge in [0.1, 0.15) is 0 Å². The van der Waals surface area contributed by atoms with Crippen LogP contribution in [0.2, 0.25) is 0 Å². The minimum atomic E-state index is -0.389. The van der Waals surface area contributed by atoms with E-state index in [1.54, 1.807) is 11.3 Å². The van der Waals surface area contributed by atoms with Gasteiger partial charge in [0, 0.05) is 10.9 Å². The number of thiophene rings is 1. The lowest BCUT2D eigenvalue weighted by molar-refractivity contribution is -0.125. The Morgan fingerprint density at radius 1 is 1.38 bits per heavy atom. The van der Waals surface area contributed by atoms with Gasteiger partial charge in [0.15, 0.2) is 0 Å². The van der Waals surface area contributed by atoms with Gasteiger partial charge < -0.3 is 16.4 Å². The summed E-state index contributed by atoms with van der Waals surface area (Å²) < 4.78 is 0. The van der Waals surface area contributed by atoms with Gasteiger partial charge in [-0.2, -0.15) is 0 Å². The van der Waals surface area contributed by atoms with Crippen molar-refractivity contribution in [2.75, 3.05) is 26.2 Å². The molecule has 0 aliphatic carbocycles. The Labute approximate surface area is 128 Å². The molecule has 2 rings (SSSR count). The molecule has 0 atom stereocenters. The molecule has 116 valence electrons. The van der Waals surface area contributed by atoms with Crippen molar-refractivity contribution in [2.24, 2.45) is 5.73 Å². The summed E-state index contributed by atoms with van der Waals surface area (Å²) in [4.78, 5) is 26.3. The van der Waals surface area contributed by atoms with E-state index in [1.165, 1.54) is 0 Å². The molecule has 0 spiro atoms. The molecule has 1 aromatic rings. The van der Waals surface area contributed by atoms with E-state index in [0.717, 1.165) is 30.8 Å². The van der Waals surface area contributed by atoms with Gasteiger partial charge in [0.25, 0.3) is 0 Å². The molecule has 0 saturated carbocycles. The van der Waals surface area contributed by atoms with Gasteiger partial charge in [0.2, 0.25) is 11.8 Å². The highest BCUT2D eigenvalue weighted by atomic mass is 32.1. The molecular weight excluding hydrogens is 288 g/mol. The van der Waals surface area contributed by atoms with E-state index in [9.17, 15) is 9.59 Å². The number of carbonyl (C=O) groups is 2. The van der Waals surface area contributed by atoms with Crippen molar-refractivity contribution in [3.8, 4) is 0 Å². The molecule has 1 aliphatic heterocycles. The Morgan fingerprint density at radius 3 is 2.76 bits per heavy atom. The van der Waals surface area contributed by atoms with Crippen LogP contribution < -0.4 is 16.4 Å². The van der Waals surface area contributed by atoms with Crippen LogP contribution in [-0.2, 0) is 16.1 Å². The normalized spacial score (nSPS) is 16.0. The zero-order chi connectivity index (χ0) is 15.1. The van der Waals surface area contributed by atoms with Crippen LogP contribution in [0, 0.1) is 0 Å². The monoisotopic (exact) mass is 310 g/mol. The van der Waals surface area contributed by atoms with E-state index in [1.807, 2.05) is 22.4 Å². The number of nitrogens with zero attached hydrogens (tertiary/aromatic N) is 1. The predicted molar refractivity (Wildman–Crippen MR) is 82.8 cm³/mol. The quantitative estimate of drug-likeness (QED) is 0.656. The zero-order valence-corrected chi connectivity index (χ0v) is 12.8. The number of primary amides is 1. The van der Waals surface area contributed by atoms with Crippen molar-refractivity contribution in [3.05, 3.63) is 22.4 Å². The van der Waals surface area contributed by atoms with Gasteiger partial charge >= 0.3 is 0 Å². The Kier molecular flexibility index (Phi) is 6.16. The van der Waals surface area contributed by atoms with Crippen LogP contribution in [0.1, 0.15) is 17.7 Å². The first-order chi connectivity index (χ1) is 10.1. The lowest BCUT2D eigenvalue weighted by Crippen LogP contribution is -2.50. The van der Waals surface area contributed by atoms with Crippen LogP contribution in [-0.4, -0.2) is 48.9 Å². The molecule has 4 N–H and O–H groups in total. The summed E-state index contributed by atoms with van der Waals surface area (Å²) in [5.41, 5.74) is 5.30. The second-order valence-corrected chi connectivity index (χ2v) is 6.24. The summed E-state index contributed by atoms with van der Waals surface area (Å²) in [5.74, 6) is -0.456. The summed E-state index contributed by atoms with van der Waals surface area (Å²) in [6.07, 6.45) is 1.87. The van der Waals surface area contributed by atoms with Crippen LogP contribution in [0.25, 0.3) is 0 Å². The minimum absolute atomic E-state index is 0.0665. The van der Waals surface area contributed by atoms with Crippen LogP contribution in [0.5, 0.6) is 0 Å². The largest absolute Gasteiger partial charge is 0.369 e. The third-order valence-electron chi connectivity index (χ3n) is 3.57. The topological polar surface area (TPSA) is 87.5 Å². The van der Waals surface area contributed by atoms with Crippen LogP contribution in [0.3, 0.4) is 0 Å². The third kappa shape index (κ3) is 5.45. The predicted octanol–water partition coefficient (Wildman–Crippen LogP) is -0.0964. The fourth-order valence-electron chi connectivity index (χ4n) is 2.53. The van der Waals surface area contributed by atoms with Crippen molar-refractivity contribution in [1.82, 2.24) is 15.5 Å². The lowest BCUT2D eigenvalue weighted by atomic mass is 10.0. The Balaban J connectivity index is 1.84. The molecule has 1 saturated heterocycles. The first-order valence-electron chi connectivity index (χ1n) is 7.17. The third-order valence-corrected chi connectivity index (χ3v) is 4.45. The van der Waals surface area contributed by atoms with E-state index < -0.39 is 0 Å². The highest BCUT2D eigenvalue weighted by Gasteiger charge is 2.24. The molecule has 2 amide bonds. The van der Waals surface area contributed by atoms with Crippen molar-refractivity contribution >= 4 is 23.2 Å². The van der Waals surface area contributed by atoms with Gasteiger partial charge in [-0.1, -0.05) is 6.07 Å². The summed E-state index contributed by atoms with van der Waals surface area (Å²) >= 11 is 1.61. The summed E-state index contributed by atoms with van der Waals surface area (Å²) in [5, 5.41) is 8.15. The van der Waals surface area contributed by atoms with Gasteiger partial charge in [-0.15, -0.1) is 11.3 Å². The number of rotatable bonds is 7. The molecule has 0 radical (unpaired) electrons. The van der Waals surface area contributed by atoms with Crippen molar-refractivity contribution in [3.63, 3.8) is 0 Å². The molecule has 1 aliphatic rings. The second-order valence-electron chi connectivity index (χ2n) is 5.21. The molecule has 1 aromatic heterocycles. The highest BCUT2D eigenvalue weighted by Crippen LogP contribution is 2.11. The average Bonchev–Trinajstić information content (AvgIpc) is 2.98. The SMILES string of the molecule is NC(=O)CN(CC(=O)NCc1cccs1)C1CCNCC1. The number of hydrogen-bond donors (Lipinski definition) is 3. The first-order valence-corrected chi connectivity index (χ1v) is 8.05. The average molecular weight is 310 g/mol. The molecule has 2 heterocycles. The molecular formula is C14H22N4O2S. The first kappa shape index (κ1) is 15.9. The molecule has 0 aromatic carbocycles. The number of nitrogens with one attached hydrogen (secondary N) is 2. The second kappa shape index (κ2) is 8.11. The van der Waals surface area contributed by atoms with Crippen molar-refractivity contribution < 1.29 is 9.59 Å². The summed E-state index contributed by atoms with van der Waals surface area (Å²) in [7, 11) is 0. The number of hydrogen-bond acceptors (Lipinski definition) is 5. The molecule has 0 bridgehead atoms. The van der Waals surface area contributed by atoms with Crippen molar-refractivity contribution in [1.29, 1.82) is 0 Å². The van der Waals surface area contributed by atoms with Gasteiger partial charge in [-0.05, 0) is 37.4 Å². The fraction of sp³-hybridized carbons (Fsp3) is 0.571. The molecule has 0 unspecified atom stereocenters. The molecule has 1 fully saturated rings. The molecule has 21 heavy (non-hydrogen) atoms. The van der Waals surface area contributed by atoms with E-state index in [0.29, 0.717) is 6.54 Å². The standard InChI is InChI=1S/C14H22N4O2S/c15-13(19)9-18(11-3-5-16-6-4-11)10-14(20)17-8-12-2-1-7-21-12/h1-2,7,11,16H,3-6,8-10H2,(H2,15,19)(H,17,20). The Morgan fingerprint density at radius 2 is 2.14 bits per heavy atom. The highest BCUT2D eigenvalue weighted by molar-refractivity contribution is 7.09. The number of piperidine rings is 1. The maximum absolute atomic E-state index is 12.1. The van der Waals surface area contributed by atoms with Gasteiger partial charge in [-0.3, -0.25) is 14.5 Å². The minimum Gasteiger partial charge on any atom is -0.369 e. The maximum atomic E-state index is 12.1. The number of carbonyl (C=O) groups excluding carboxylic acids is 2. The van der Waals surface area contributed by atoms with E-state index in [4.69, 9.17) is 5.73 Å². The van der Waals surface area contributed by atoms with Crippen LogP contribution >= 0.6 is 11.3 Å². The van der Waals surface area contributed by atoms with E-state index in [2.05, 4.69) is 10.6 Å². The number of amides is 2. The van der Waals surface area contributed by atoms with Crippen molar-refractivity contribution in [2.45, 2.75) is 25.4 Å². The van der Waals surface area contributed by atoms with Crippen LogP contribution in [0.15, 0.2) is 17.5 Å². The number of nitrogens with two attached hydrogens (primary N) is 1. The van der Waals surface area contributed by atoms with E-state index >= 15 is 0 Å². The molecule has 7 heteroatoms. The Hall–Kier alpha value is -1.44. The summed E-state index contributed by atoms with van der Waals surface area (Å²) in [6, 6.07) is 4.19. The van der Waals surface area contributed by atoms with Crippen LogP contribution in [0.4, 0.5) is 0 Å². The molecule has 6 nitrogen and oxygen atoms in total. The van der Waals surface area contributed by atoms with Gasteiger partial charge in [0.05, 0.1) is 19.6 Å². The zero-order valence-electron chi connectivity index (χ0n) is 12.0. The lowest BCUT2D eigenvalue weighted by Gasteiger charge is -2.33.